The summed E-state index contributed by atoms with van der Waals surface area (Å²) >= 11 is 0. The molecule has 10 heavy (non-hydrogen) atoms. The zero-order valence-electron chi connectivity index (χ0n) is 6.81. The molecule has 0 aromatic carbocycles. The first-order valence-electron chi connectivity index (χ1n) is 3.61. The van der Waals surface area contributed by atoms with Gasteiger partial charge in [0.25, 0.3) is 0 Å². The van der Waals surface area contributed by atoms with Crippen molar-refractivity contribution in [2.24, 2.45) is 5.92 Å². The van der Waals surface area contributed by atoms with Crippen molar-refractivity contribution in [3.05, 3.63) is 5.21 Å². The lowest BCUT2D eigenvalue weighted by Gasteiger charge is -2.14. The Hall–Kier alpha value is -0.410. The second kappa shape index (κ2) is 4.41. The van der Waals surface area contributed by atoms with Crippen LogP contribution in [0.2, 0.25) is 0 Å². The second-order valence-corrected chi connectivity index (χ2v) is 2.70. The first-order valence-corrected chi connectivity index (χ1v) is 3.61. The third-order valence-electron chi connectivity index (χ3n) is 1.62. The maximum Gasteiger partial charge on any atom is 0.312 e. The van der Waals surface area contributed by atoms with Crippen LogP contribution in [0.25, 0.3) is 0 Å². The van der Waals surface area contributed by atoms with Gasteiger partial charge in [-0.05, 0) is 5.92 Å². The molecule has 0 aliphatic heterocycles. The highest BCUT2D eigenvalue weighted by molar-refractivity contribution is 5.66. The van der Waals surface area contributed by atoms with Crippen LogP contribution >= 0.6 is 0 Å². The molecule has 0 fully saturated rings. The van der Waals surface area contributed by atoms with Gasteiger partial charge in [0.05, 0.1) is 13.5 Å². The Bertz CT molecular complexity index is 112. The zero-order chi connectivity index (χ0) is 8.15. The number of nitrogens with one attached hydrogen (secondary N) is 1. The van der Waals surface area contributed by atoms with Gasteiger partial charge in [-0.15, -0.1) is 0 Å². The van der Waals surface area contributed by atoms with E-state index in [1.54, 1.807) is 0 Å². The molecule has 2 atom stereocenters. The number of hydroxylamine groups is 2. The molecule has 0 heterocycles. The van der Waals surface area contributed by atoms with E-state index in [4.69, 9.17) is 0 Å². The summed E-state index contributed by atoms with van der Waals surface area (Å²) in [5, 5.41) is 10.1. The molecule has 0 rings (SSSR count). The van der Waals surface area contributed by atoms with Crippen LogP contribution in [0.4, 0.5) is 0 Å². The molecule has 2 unspecified atom stereocenters. The molecule has 3 nitrogen and oxygen atoms in total. The standard InChI is InChI=1S/C7H15NO2/c1-4-6(2)5-7(9)8(3)10/h6,8H,4-5H2,1-3H3. The second-order valence-electron chi connectivity index (χ2n) is 2.70. The van der Waals surface area contributed by atoms with Crippen molar-refractivity contribution in [3.63, 3.8) is 0 Å². The number of amides is 1. The van der Waals surface area contributed by atoms with Gasteiger partial charge in [0.15, 0.2) is 0 Å². The molecular formula is C7H15NO2. The highest BCUT2D eigenvalue weighted by Gasteiger charge is 2.10. The lowest BCUT2D eigenvalue weighted by atomic mass is 10.1. The molecule has 60 valence electrons. The Morgan fingerprint density at radius 3 is 2.50 bits per heavy atom. The summed E-state index contributed by atoms with van der Waals surface area (Å²) in [6, 6.07) is 0. The van der Waals surface area contributed by atoms with Crippen LogP contribution in [0.1, 0.15) is 26.7 Å². The Morgan fingerprint density at radius 2 is 2.20 bits per heavy atom. The number of quaternary nitrogens is 1. The largest absolute Gasteiger partial charge is 0.627 e. The van der Waals surface area contributed by atoms with Crippen LogP contribution in [0, 0.1) is 11.1 Å². The van der Waals surface area contributed by atoms with Gasteiger partial charge in [0, 0.05) is 0 Å². The van der Waals surface area contributed by atoms with Crippen molar-refractivity contribution < 1.29 is 9.86 Å². The fourth-order valence-corrected chi connectivity index (χ4v) is 0.605. The molecule has 1 amide bonds. The monoisotopic (exact) mass is 145 g/mol. The van der Waals surface area contributed by atoms with Gasteiger partial charge >= 0.3 is 5.91 Å². The van der Waals surface area contributed by atoms with Crippen LogP contribution in [0.3, 0.4) is 0 Å². The van der Waals surface area contributed by atoms with Crippen LogP contribution in [-0.2, 0) is 4.79 Å². The minimum atomic E-state index is -0.319. The summed E-state index contributed by atoms with van der Waals surface area (Å²) in [5.74, 6) is 0.103. The SMILES string of the molecule is CCC(C)CC(=O)[NH+](C)[O-]. The third-order valence-corrected chi connectivity index (χ3v) is 1.62. The van der Waals surface area contributed by atoms with Crippen LogP contribution < -0.4 is 5.06 Å². The van der Waals surface area contributed by atoms with E-state index in [9.17, 15) is 10.0 Å². The smallest absolute Gasteiger partial charge is 0.312 e. The summed E-state index contributed by atoms with van der Waals surface area (Å²) in [6.07, 6.45) is 1.37. The molecule has 0 saturated heterocycles. The minimum absolute atomic E-state index is 0.241. The molecule has 0 radical (unpaired) electrons. The van der Waals surface area contributed by atoms with E-state index in [2.05, 4.69) is 0 Å². The average molecular weight is 145 g/mol. The number of hydrogen-bond acceptors (Lipinski definition) is 2. The van der Waals surface area contributed by atoms with E-state index >= 15 is 0 Å². The minimum Gasteiger partial charge on any atom is -0.627 e. The Morgan fingerprint density at radius 1 is 1.70 bits per heavy atom. The normalized spacial score (nSPS) is 16.4. The van der Waals surface area contributed by atoms with E-state index in [-0.39, 0.29) is 11.0 Å². The summed E-state index contributed by atoms with van der Waals surface area (Å²) < 4.78 is 0. The van der Waals surface area contributed by atoms with E-state index in [0.717, 1.165) is 6.42 Å². The summed E-state index contributed by atoms with van der Waals surface area (Å²) in [5.41, 5.74) is 0. The number of rotatable bonds is 3. The van der Waals surface area contributed by atoms with Crippen molar-refractivity contribution in [1.29, 1.82) is 0 Å². The fourth-order valence-electron chi connectivity index (χ4n) is 0.605. The van der Waals surface area contributed by atoms with Crippen molar-refractivity contribution >= 4 is 5.91 Å². The van der Waals surface area contributed by atoms with E-state index in [1.807, 2.05) is 13.8 Å². The molecule has 3 heteroatoms. The van der Waals surface area contributed by atoms with Crippen LogP contribution in [0.5, 0.6) is 0 Å². The predicted octanol–water partition coefficient (Wildman–Crippen LogP) is -0.0383. The number of carbonyl (C=O) groups is 1. The van der Waals surface area contributed by atoms with Crippen molar-refractivity contribution in [2.45, 2.75) is 26.7 Å². The lowest BCUT2D eigenvalue weighted by molar-refractivity contribution is -0.741. The topological polar surface area (TPSA) is 44.6 Å². The summed E-state index contributed by atoms with van der Waals surface area (Å²) in [6.45, 7) is 3.99. The van der Waals surface area contributed by atoms with E-state index in [1.165, 1.54) is 7.05 Å². The van der Waals surface area contributed by atoms with Crippen molar-refractivity contribution in [2.75, 3.05) is 7.05 Å². The van der Waals surface area contributed by atoms with Gasteiger partial charge < -0.3 is 10.3 Å². The quantitative estimate of drug-likeness (QED) is 0.566. The van der Waals surface area contributed by atoms with E-state index in [0.29, 0.717) is 12.3 Å². The highest BCUT2D eigenvalue weighted by atomic mass is 16.5. The summed E-state index contributed by atoms with van der Waals surface area (Å²) in [7, 11) is 1.32. The van der Waals surface area contributed by atoms with Gasteiger partial charge in [0.2, 0.25) is 0 Å². The van der Waals surface area contributed by atoms with Crippen LogP contribution in [-0.4, -0.2) is 13.0 Å². The Kier molecular flexibility index (Phi) is 4.23. The molecule has 0 aliphatic carbocycles. The molecule has 0 aromatic heterocycles. The van der Waals surface area contributed by atoms with Gasteiger partial charge in [-0.3, -0.25) is 0 Å². The third kappa shape index (κ3) is 3.58. The van der Waals surface area contributed by atoms with Gasteiger partial charge in [-0.2, -0.15) is 0 Å². The van der Waals surface area contributed by atoms with E-state index < -0.39 is 0 Å². The van der Waals surface area contributed by atoms with Gasteiger partial charge in [-0.25, -0.2) is 4.79 Å². The number of carbonyl (C=O) groups excluding carboxylic acids is 1. The first-order chi connectivity index (χ1) is 4.57. The molecule has 0 aromatic rings. The van der Waals surface area contributed by atoms with Gasteiger partial charge in [-0.1, -0.05) is 20.3 Å². The highest BCUT2D eigenvalue weighted by Crippen LogP contribution is 2.03. The maximum absolute atomic E-state index is 10.8. The molecule has 0 bridgehead atoms. The van der Waals surface area contributed by atoms with Crippen LogP contribution in [0.15, 0.2) is 0 Å². The molecule has 0 aliphatic rings. The average Bonchev–Trinajstić information content (AvgIpc) is 1.87. The van der Waals surface area contributed by atoms with Crippen molar-refractivity contribution in [1.82, 2.24) is 0 Å². The fraction of sp³-hybridized carbons (Fsp3) is 0.857. The number of hydrogen-bond donors (Lipinski definition) is 1. The maximum atomic E-state index is 10.8. The zero-order valence-corrected chi connectivity index (χ0v) is 6.81. The molecule has 0 spiro atoms. The van der Waals surface area contributed by atoms with Crippen molar-refractivity contribution in [3.8, 4) is 0 Å². The van der Waals surface area contributed by atoms with Gasteiger partial charge in [0.1, 0.15) is 0 Å². The molecule has 1 N–H and O–H groups in total. The summed E-state index contributed by atoms with van der Waals surface area (Å²) in [4.78, 5) is 10.8. The Labute approximate surface area is 61.6 Å². The first kappa shape index (κ1) is 9.59. The lowest BCUT2D eigenvalue weighted by Crippen LogP contribution is -3.06. The molecular weight excluding hydrogens is 130 g/mol. The predicted molar refractivity (Wildman–Crippen MR) is 39.3 cm³/mol. The molecule has 0 saturated carbocycles. The Balaban J connectivity index is 3.57.